The number of hydrogen-bond donors (Lipinski definition) is 1. The second-order valence-corrected chi connectivity index (χ2v) is 5.48. The van der Waals surface area contributed by atoms with Crippen LogP contribution in [0.25, 0.3) is 0 Å². The van der Waals surface area contributed by atoms with Gasteiger partial charge in [0, 0.05) is 6.54 Å². The second-order valence-electron chi connectivity index (χ2n) is 5.48. The molecule has 2 heteroatoms. The predicted octanol–water partition coefficient (Wildman–Crippen LogP) is 3.96. The van der Waals surface area contributed by atoms with Gasteiger partial charge in [0.25, 0.3) is 0 Å². The molecule has 106 valence electrons. The van der Waals surface area contributed by atoms with Gasteiger partial charge in [-0.1, -0.05) is 35.9 Å². The summed E-state index contributed by atoms with van der Waals surface area (Å²) in [7, 11) is 0. The van der Waals surface area contributed by atoms with Crippen LogP contribution in [0.3, 0.4) is 0 Å². The van der Waals surface area contributed by atoms with Gasteiger partial charge < -0.3 is 10.5 Å². The molecule has 0 aromatic heterocycles. The summed E-state index contributed by atoms with van der Waals surface area (Å²) in [5.74, 6) is 0.998. The molecule has 2 aromatic carbocycles. The lowest BCUT2D eigenvalue weighted by Crippen LogP contribution is -2.03. The summed E-state index contributed by atoms with van der Waals surface area (Å²) in [6.07, 6.45) is 0. The number of ether oxygens (including phenoxy) is 1. The van der Waals surface area contributed by atoms with E-state index in [0.717, 1.165) is 11.3 Å². The van der Waals surface area contributed by atoms with Crippen molar-refractivity contribution in [3.05, 3.63) is 63.7 Å². The van der Waals surface area contributed by atoms with E-state index in [0.29, 0.717) is 13.2 Å². The summed E-state index contributed by atoms with van der Waals surface area (Å²) in [5.41, 5.74) is 12.9. The SMILES string of the molecule is Cc1cc(C)c(OCc2ccc(CN)cc2C)c(C)c1. The fourth-order valence-electron chi connectivity index (χ4n) is 2.59. The zero-order chi connectivity index (χ0) is 14.7. The third-order valence-corrected chi connectivity index (χ3v) is 3.62. The molecule has 20 heavy (non-hydrogen) atoms. The first-order valence-electron chi connectivity index (χ1n) is 7.00. The Morgan fingerprint density at radius 3 is 2.10 bits per heavy atom. The average Bonchev–Trinajstić information content (AvgIpc) is 2.39. The van der Waals surface area contributed by atoms with E-state index < -0.39 is 0 Å². The molecule has 0 radical (unpaired) electrons. The summed E-state index contributed by atoms with van der Waals surface area (Å²) in [4.78, 5) is 0. The first-order chi connectivity index (χ1) is 9.51. The monoisotopic (exact) mass is 269 g/mol. The van der Waals surface area contributed by atoms with Crippen LogP contribution in [0.2, 0.25) is 0 Å². The summed E-state index contributed by atoms with van der Waals surface area (Å²) in [6, 6.07) is 10.6. The van der Waals surface area contributed by atoms with Crippen LogP contribution in [0.5, 0.6) is 5.75 Å². The van der Waals surface area contributed by atoms with Gasteiger partial charge in [-0.05, 0) is 55.5 Å². The van der Waals surface area contributed by atoms with Crippen molar-refractivity contribution in [1.29, 1.82) is 0 Å². The Kier molecular flexibility index (Phi) is 4.46. The molecule has 0 unspecified atom stereocenters. The molecule has 2 N–H and O–H groups in total. The maximum Gasteiger partial charge on any atom is 0.125 e. The molecule has 0 atom stereocenters. The fourth-order valence-corrected chi connectivity index (χ4v) is 2.59. The Labute approximate surface area is 121 Å². The van der Waals surface area contributed by atoms with Crippen LogP contribution in [0.1, 0.15) is 33.4 Å². The molecule has 0 fully saturated rings. The van der Waals surface area contributed by atoms with E-state index in [-0.39, 0.29) is 0 Å². The van der Waals surface area contributed by atoms with Crippen LogP contribution in [-0.2, 0) is 13.2 Å². The lowest BCUT2D eigenvalue weighted by molar-refractivity contribution is 0.301. The number of rotatable bonds is 4. The van der Waals surface area contributed by atoms with Crippen LogP contribution < -0.4 is 10.5 Å². The van der Waals surface area contributed by atoms with Crippen LogP contribution >= 0.6 is 0 Å². The van der Waals surface area contributed by atoms with E-state index in [1.807, 2.05) is 0 Å². The standard InChI is InChI=1S/C18H23NO/c1-12-7-14(3)18(15(4)8-12)20-11-17-6-5-16(10-19)9-13(17)2/h5-9H,10-11,19H2,1-4H3. The van der Waals surface area contributed by atoms with Crippen LogP contribution in [0.4, 0.5) is 0 Å². The molecule has 0 aliphatic heterocycles. The minimum Gasteiger partial charge on any atom is -0.488 e. The van der Waals surface area contributed by atoms with E-state index in [2.05, 4.69) is 58.0 Å². The van der Waals surface area contributed by atoms with Crippen LogP contribution in [0.15, 0.2) is 30.3 Å². The van der Waals surface area contributed by atoms with Crippen molar-refractivity contribution in [2.45, 2.75) is 40.8 Å². The molecule has 0 heterocycles. The van der Waals surface area contributed by atoms with Crippen molar-refractivity contribution >= 4 is 0 Å². The van der Waals surface area contributed by atoms with Gasteiger partial charge in [-0.15, -0.1) is 0 Å². The Hall–Kier alpha value is -1.80. The van der Waals surface area contributed by atoms with Crippen LogP contribution in [0, 0.1) is 27.7 Å². The predicted molar refractivity (Wildman–Crippen MR) is 84.1 cm³/mol. The summed E-state index contributed by atoms with van der Waals surface area (Å²) in [6.45, 7) is 9.59. The molecule has 0 aliphatic carbocycles. The molecule has 0 saturated heterocycles. The van der Waals surface area contributed by atoms with Crippen molar-refractivity contribution in [2.24, 2.45) is 5.73 Å². The van der Waals surface area contributed by atoms with Crippen molar-refractivity contribution in [1.82, 2.24) is 0 Å². The summed E-state index contributed by atoms with van der Waals surface area (Å²) < 4.78 is 6.03. The minimum absolute atomic E-state index is 0.582. The van der Waals surface area contributed by atoms with Crippen molar-refractivity contribution < 1.29 is 4.74 Å². The normalized spacial score (nSPS) is 10.7. The first kappa shape index (κ1) is 14.6. The Morgan fingerprint density at radius 1 is 0.900 bits per heavy atom. The Bertz CT molecular complexity index is 594. The van der Waals surface area contributed by atoms with E-state index in [1.165, 1.54) is 27.8 Å². The highest BCUT2D eigenvalue weighted by Crippen LogP contribution is 2.26. The van der Waals surface area contributed by atoms with Gasteiger partial charge in [0.1, 0.15) is 12.4 Å². The number of nitrogens with two attached hydrogens (primary N) is 1. The van der Waals surface area contributed by atoms with E-state index in [9.17, 15) is 0 Å². The molecule has 2 nitrogen and oxygen atoms in total. The van der Waals surface area contributed by atoms with Gasteiger partial charge in [-0.25, -0.2) is 0 Å². The van der Waals surface area contributed by atoms with E-state index in [4.69, 9.17) is 10.5 Å². The molecule has 0 saturated carbocycles. The van der Waals surface area contributed by atoms with Gasteiger partial charge in [0.15, 0.2) is 0 Å². The zero-order valence-electron chi connectivity index (χ0n) is 12.8. The van der Waals surface area contributed by atoms with Gasteiger partial charge in [0.2, 0.25) is 0 Å². The lowest BCUT2D eigenvalue weighted by atomic mass is 10.0. The van der Waals surface area contributed by atoms with Gasteiger partial charge in [-0.3, -0.25) is 0 Å². The zero-order valence-corrected chi connectivity index (χ0v) is 12.8. The Balaban J connectivity index is 2.17. The number of aryl methyl sites for hydroxylation is 4. The highest BCUT2D eigenvalue weighted by Gasteiger charge is 2.07. The highest BCUT2D eigenvalue weighted by molar-refractivity contribution is 5.43. The van der Waals surface area contributed by atoms with Gasteiger partial charge in [0.05, 0.1) is 0 Å². The molecule has 0 spiro atoms. The first-order valence-corrected chi connectivity index (χ1v) is 7.00. The largest absolute Gasteiger partial charge is 0.488 e. The number of hydrogen-bond acceptors (Lipinski definition) is 2. The molecule has 0 aliphatic rings. The van der Waals surface area contributed by atoms with Crippen molar-refractivity contribution in [2.75, 3.05) is 0 Å². The smallest absolute Gasteiger partial charge is 0.125 e. The summed E-state index contributed by atoms with van der Waals surface area (Å²) >= 11 is 0. The van der Waals surface area contributed by atoms with Crippen molar-refractivity contribution in [3.8, 4) is 5.75 Å². The highest BCUT2D eigenvalue weighted by atomic mass is 16.5. The van der Waals surface area contributed by atoms with Gasteiger partial charge >= 0.3 is 0 Å². The maximum absolute atomic E-state index is 6.03. The molecule has 0 bridgehead atoms. The van der Waals surface area contributed by atoms with Crippen LogP contribution in [-0.4, -0.2) is 0 Å². The molecular formula is C18H23NO. The third-order valence-electron chi connectivity index (χ3n) is 3.62. The number of benzene rings is 2. The van der Waals surface area contributed by atoms with Gasteiger partial charge in [-0.2, -0.15) is 0 Å². The summed E-state index contributed by atoms with van der Waals surface area (Å²) in [5, 5.41) is 0. The van der Waals surface area contributed by atoms with Crippen molar-refractivity contribution in [3.63, 3.8) is 0 Å². The van der Waals surface area contributed by atoms with E-state index >= 15 is 0 Å². The molecular weight excluding hydrogens is 246 g/mol. The average molecular weight is 269 g/mol. The second kappa shape index (κ2) is 6.10. The fraction of sp³-hybridized carbons (Fsp3) is 0.333. The maximum atomic E-state index is 6.03. The molecule has 2 aromatic rings. The quantitative estimate of drug-likeness (QED) is 0.912. The lowest BCUT2D eigenvalue weighted by Gasteiger charge is -2.14. The topological polar surface area (TPSA) is 35.2 Å². The molecule has 0 amide bonds. The third kappa shape index (κ3) is 3.20. The van der Waals surface area contributed by atoms with E-state index in [1.54, 1.807) is 0 Å². The molecule has 2 rings (SSSR count). The minimum atomic E-state index is 0.582. The Morgan fingerprint density at radius 2 is 1.55 bits per heavy atom.